The highest BCUT2D eigenvalue weighted by molar-refractivity contribution is 7.06. The number of fused-ring (bicyclic) bond motifs is 1. The molecule has 2 aromatic carbocycles. The lowest BCUT2D eigenvalue weighted by Gasteiger charge is -2.06. The van der Waals surface area contributed by atoms with Gasteiger partial charge in [-0.25, -0.2) is 4.79 Å². The van der Waals surface area contributed by atoms with Crippen LogP contribution in [0.2, 0.25) is 10.0 Å². The Balaban J connectivity index is 1.38. The number of anilines is 1. The third-order valence-electron chi connectivity index (χ3n) is 4.30. The molecule has 2 heterocycles. The molecule has 0 aliphatic carbocycles. The summed E-state index contributed by atoms with van der Waals surface area (Å²) in [5.74, 6) is 0. The maximum absolute atomic E-state index is 12.1. The van der Waals surface area contributed by atoms with Gasteiger partial charge in [-0.05, 0) is 60.9 Å². The van der Waals surface area contributed by atoms with Gasteiger partial charge in [0, 0.05) is 28.2 Å². The van der Waals surface area contributed by atoms with E-state index in [1.165, 1.54) is 11.5 Å². The lowest BCUT2D eigenvalue weighted by molar-refractivity contribution is 0.156. The molecule has 0 spiro atoms. The molecule has 0 unspecified atom stereocenters. The van der Waals surface area contributed by atoms with Crippen molar-refractivity contribution >= 4 is 57.4 Å². The van der Waals surface area contributed by atoms with Gasteiger partial charge >= 0.3 is 6.09 Å². The molecule has 0 saturated carbocycles. The zero-order valence-corrected chi connectivity index (χ0v) is 17.7. The SMILES string of the molecule is CCn1ncc2cc(NC(=O)OCc3cc(-c4ccc(Cl)cc4Cl)ns3)ccc21. The van der Waals surface area contributed by atoms with Gasteiger partial charge in [0.15, 0.2) is 0 Å². The Morgan fingerprint density at radius 3 is 2.86 bits per heavy atom. The van der Waals surface area contributed by atoms with E-state index in [1.54, 1.807) is 18.3 Å². The van der Waals surface area contributed by atoms with Crippen LogP contribution in [0.4, 0.5) is 10.5 Å². The van der Waals surface area contributed by atoms with Gasteiger partial charge in [-0.15, -0.1) is 0 Å². The van der Waals surface area contributed by atoms with Crippen LogP contribution >= 0.6 is 34.7 Å². The lowest BCUT2D eigenvalue weighted by atomic mass is 10.1. The van der Waals surface area contributed by atoms with Gasteiger partial charge in [-0.3, -0.25) is 10.00 Å². The summed E-state index contributed by atoms with van der Waals surface area (Å²) in [4.78, 5) is 13.0. The van der Waals surface area contributed by atoms with E-state index >= 15 is 0 Å². The zero-order valence-electron chi connectivity index (χ0n) is 15.4. The molecule has 0 fully saturated rings. The molecule has 4 rings (SSSR count). The fourth-order valence-electron chi connectivity index (χ4n) is 2.91. The van der Waals surface area contributed by atoms with E-state index < -0.39 is 6.09 Å². The number of hydrogen-bond donors (Lipinski definition) is 1. The van der Waals surface area contributed by atoms with Crippen molar-refractivity contribution in [2.75, 3.05) is 5.32 Å². The largest absolute Gasteiger partial charge is 0.444 e. The molecule has 1 N–H and O–H groups in total. The summed E-state index contributed by atoms with van der Waals surface area (Å²) in [5, 5.41) is 9.08. The highest BCUT2D eigenvalue weighted by Gasteiger charge is 2.11. The van der Waals surface area contributed by atoms with Crippen LogP contribution in [0.15, 0.2) is 48.7 Å². The van der Waals surface area contributed by atoms with E-state index in [-0.39, 0.29) is 6.61 Å². The minimum Gasteiger partial charge on any atom is -0.444 e. The zero-order chi connectivity index (χ0) is 20.4. The standard InChI is InChI=1S/C20H16Cl2N4O2S/c1-2-26-19-6-4-14(7-12(19)10-23-26)24-20(27)28-11-15-9-18(25-29-15)16-5-3-13(21)8-17(16)22/h3-10H,2,11H2,1H3,(H,24,27). The highest BCUT2D eigenvalue weighted by Crippen LogP contribution is 2.31. The topological polar surface area (TPSA) is 69.0 Å². The first kappa shape index (κ1) is 19.7. The van der Waals surface area contributed by atoms with Crippen molar-refractivity contribution in [2.24, 2.45) is 0 Å². The van der Waals surface area contributed by atoms with Gasteiger partial charge < -0.3 is 4.74 Å². The number of aromatic nitrogens is 3. The van der Waals surface area contributed by atoms with Crippen molar-refractivity contribution in [1.82, 2.24) is 14.2 Å². The van der Waals surface area contributed by atoms with Crippen LogP contribution in [0.1, 0.15) is 11.8 Å². The van der Waals surface area contributed by atoms with Gasteiger partial charge in [0.2, 0.25) is 0 Å². The van der Waals surface area contributed by atoms with Gasteiger partial charge in [0.25, 0.3) is 0 Å². The third kappa shape index (κ3) is 4.37. The Kier molecular flexibility index (Phi) is 5.71. The first-order chi connectivity index (χ1) is 14.0. The number of ether oxygens (including phenoxy) is 1. The molecule has 1 amide bonds. The second-order valence-corrected chi connectivity index (χ2v) is 7.97. The summed E-state index contributed by atoms with van der Waals surface area (Å²) >= 11 is 13.4. The minimum absolute atomic E-state index is 0.116. The van der Waals surface area contributed by atoms with E-state index in [0.717, 1.165) is 27.9 Å². The molecule has 2 aromatic heterocycles. The summed E-state index contributed by atoms with van der Waals surface area (Å²) in [6.45, 7) is 2.93. The molecule has 0 atom stereocenters. The number of amides is 1. The number of aryl methyl sites for hydroxylation is 1. The average molecular weight is 447 g/mol. The second kappa shape index (κ2) is 8.41. The van der Waals surface area contributed by atoms with Crippen LogP contribution in [-0.2, 0) is 17.9 Å². The lowest BCUT2D eigenvalue weighted by Crippen LogP contribution is -2.13. The maximum Gasteiger partial charge on any atom is 0.411 e. The Morgan fingerprint density at radius 1 is 1.21 bits per heavy atom. The second-order valence-electron chi connectivity index (χ2n) is 6.24. The molecule has 0 aliphatic heterocycles. The van der Waals surface area contributed by atoms with Gasteiger partial charge in [0.1, 0.15) is 6.61 Å². The Morgan fingerprint density at radius 2 is 2.07 bits per heavy atom. The van der Waals surface area contributed by atoms with Crippen LogP contribution in [0.25, 0.3) is 22.2 Å². The van der Waals surface area contributed by atoms with Crippen LogP contribution in [0, 0.1) is 0 Å². The predicted octanol–water partition coefficient (Wildman–Crippen LogP) is 6.24. The third-order valence-corrected chi connectivity index (χ3v) is 5.61. The molecular formula is C20H16Cl2N4O2S. The number of nitrogens with zero attached hydrogens (tertiary/aromatic N) is 3. The van der Waals surface area contributed by atoms with Crippen LogP contribution in [0.3, 0.4) is 0 Å². The van der Waals surface area contributed by atoms with Crippen molar-refractivity contribution in [3.63, 3.8) is 0 Å². The van der Waals surface area contributed by atoms with Crippen LogP contribution < -0.4 is 5.32 Å². The molecule has 29 heavy (non-hydrogen) atoms. The van der Waals surface area contributed by atoms with E-state index in [0.29, 0.717) is 21.4 Å². The fourth-order valence-corrected chi connectivity index (χ4v) is 4.06. The van der Waals surface area contributed by atoms with Gasteiger partial charge in [0.05, 0.1) is 27.3 Å². The molecule has 148 valence electrons. The number of nitrogens with one attached hydrogen (secondary N) is 1. The summed E-state index contributed by atoms with van der Waals surface area (Å²) in [7, 11) is 0. The number of halogens is 2. The van der Waals surface area contributed by atoms with Crippen molar-refractivity contribution in [3.8, 4) is 11.3 Å². The van der Waals surface area contributed by atoms with E-state index in [4.69, 9.17) is 27.9 Å². The van der Waals surface area contributed by atoms with Gasteiger partial charge in [-0.2, -0.15) is 9.47 Å². The Hall–Kier alpha value is -2.61. The Labute approximate surface area is 181 Å². The molecular weight excluding hydrogens is 431 g/mol. The molecule has 4 aromatic rings. The smallest absolute Gasteiger partial charge is 0.411 e. The summed E-state index contributed by atoms with van der Waals surface area (Å²) in [6.07, 6.45) is 1.24. The molecule has 0 aliphatic rings. The molecule has 0 bridgehead atoms. The predicted molar refractivity (Wildman–Crippen MR) is 117 cm³/mol. The monoisotopic (exact) mass is 446 g/mol. The summed E-state index contributed by atoms with van der Waals surface area (Å²) in [5.41, 5.74) is 3.17. The number of carbonyl (C=O) groups excluding carboxylic acids is 1. The normalized spacial score (nSPS) is 11.0. The first-order valence-electron chi connectivity index (χ1n) is 8.84. The Bertz CT molecular complexity index is 1190. The maximum atomic E-state index is 12.1. The van der Waals surface area contributed by atoms with E-state index in [9.17, 15) is 4.79 Å². The number of hydrogen-bond acceptors (Lipinski definition) is 5. The molecule has 0 saturated heterocycles. The molecule has 9 heteroatoms. The van der Waals surface area contributed by atoms with E-state index in [2.05, 4.69) is 14.8 Å². The van der Waals surface area contributed by atoms with Crippen molar-refractivity contribution in [1.29, 1.82) is 0 Å². The highest BCUT2D eigenvalue weighted by atomic mass is 35.5. The quantitative estimate of drug-likeness (QED) is 0.394. The summed E-state index contributed by atoms with van der Waals surface area (Å²) < 4.78 is 11.6. The van der Waals surface area contributed by atoms with E-state index in [1.807, 2.05) is 41.9 Å². The summed E-state index contributed by atoms with van der Waals surface area (Å²) in [6, 6.07) is 12.7. The number of carbonyl (C=O) groups is 1. The average Bonchev–Trinajstić information content (AvgIpc) is 3.33. The van der Waals surface area contributed by atoms with Crippen molar-refractivity contribution in [3.05, 3.63) is 63.6 Å². The van der Waals surface area contributed by atoms with Crippen molar-refractivity contribution < 1.29 is 9.53 Å². The van der Waals surface area contributed by atoms with Gasteiger partial charge in [-0.1, -0.05) is 23.2 Å². The number of benzene rings is 2. The van der Waals surface area contributed by atoms with Crippen LogP contribution in [0.5, 0.6) is 0 Å². The minimum atomic E-state index is -0.535. The number of rotatable bonds is 5. The molecule has 0 radical (unpaired) electrons. The van der Waals surface area contributed by atoms with Crippen LogP contribution in [-0.4, -0.2) is 20.2 Å². The molecule has 6 nitrogen and oxygen atoms in total. The fraction of sp³-hybridized carbons (Fsp3) is 0.150. The van der Waals surface area contributed by atoms with Crippen molar-refractivity contribution in [2.45, 2.75) is 20.1 Å². The first-order valence-corrected chi connectivity index (χ1v) is 10.4.